The molecule has 0 aliphatic heterocycles. The minimum Gasteiger partial charge on any atom is -0.461 e. The Labute approximate surface area is 81.5 Å². The molecule has 0 saturated carbocycles. The van der Waals surface area contributed by atoms with Crippen LogP contribution in [0.15, 0.2) is 0 Å². The summed E-state index contributed by atoms with van der Waals surface area (Å²) in [6.45, 7) is 3.86. The summed E-state index contributed by atoms with van der Waals surface area (Å²) in [6.07, 6.45) is 0. The van der Waals surface area contributed by atoms with E-state index in [0.717, 1.165) is 0 Å². The molecule has 1 heterocycles. The molecule has 72 valence electrons. The number of ether oxygens (including phenoxy) is 1. The zero-order valence-electron chi connectivity index (χ0n) is 7.80. The van der Waals surface area contributed by atoms with Gasteiger partial charge in [0.25, 0.3) is 0 Å². The van der Waals surface area contributed by atoms with Gasteiger partial charge < -0.3 is 9.30 Å². The Morgan fingerprint density at radius 1 is 1.69 bits per heavy atom. The second-order valence-electron chi connectivity index (χ2n) is 2.59. The molecule has 1 aromatic rings. The van der Waals surface area contributed by atoms with Crippen molar-refractivity contribution in [2.75, 3.05) is 6.61 Å². The molecule has 0 bridgehead atoms. The van der Waals surface area contributed by atoms with Crippen LogP contribution in [0.5, 0.6) is 0 Å². The lowest BCUT2D eigenvalue weighted by molar-refractivity contribution is 0.0519. The highest BCUT2D eigenvalue weighted by Gasteiger charge is 2.17. The molecule has 0 saturated heterocycles. The summed E-state index contributed by atoms with van der Waals surface area (Å²) < 4.78 is 6.44. The minimum absolute atomic E-state index is 0.286. The summed E-state index contributed by atoms with van der Waals surface area (Å²) in [5.41, 5.74) is 0.998. The molecule has 0 N–H and O–H groups in total. The van der Waals surface area contributed by atoms with Gasteiger partial charge in [-0.2, -0.15) is 0 Å². The first kappa shape index (κ1) is 10.1. The first-order valence-corrected chi connectivity index (χ1v) is 4.31. The van der Waals surface area contributed by atoms with Crippen molar-refractivity contribution in [2.24, 2.45) is 7.05 Å². The van der Waals surface area contributed by atoms with E-state index in [1.54, 1.807) is 25.5 Å². The van der Waals surface area contributed by atoms with Gasteiger partial charge in [-0.25, -0.2) is 9.78 Å². The smallest absolute Gasteiger partial charge is 0.358 e. The Balaban J connectivity index is 3.01. The second-order valence-corrected chi connectivity index (χ2v) is 2.93. The Hall–Kier alpha value is -1.03. The van der Waals surface area contributed by atoms with Crippen molar-refractivity contribution in [3.63, 3.8) is 0 Å². The van der Waals surface area contributed by atoms with E-state index in [1.807, 2.05) is 0 Å². The van der Waals surface area contributed by atoms with Crippen LogP contribution in [-0.2, 0) is 11.8 Å². The van der Waals surface area contributed by atoms with Gasteiger partial charge in [0.15, 0.2) is 5.69 Å². The summed E-state index contributed by atoms with van der Waals surface area (Å²) in [5.74, 6) is -0.428. The Morgan fingerprint density at radius 2 is 2.31 bits per heavy atom. The molecule has 0 aliphatic carbocycles. The number of imidazole rings is 1. The van der Waals surface area contributed by atoms with Crippen LogP contribution < -0.4 is 0 Å². The fraction of sp³-hybridized carbons (Fsp3) is 0.500. The first-order valence-electron chi connectivity index (χ1n) is 3.93. The van der Waals surface area contributed by atoms with E-state index in [2.05, 4.69) is 4.98 Å². The highest BCUT2D eigenvalue weighted by Crippen LogP contribution is 2.14. The third-order valence-electron chi connectivity index (χ3n) is 1.80. The van der Waals surface area contributed by atoms with E-state index in [4.69, 9.17) is 16.3 Å². The van der Waals surface area contributed by atoms with Crippen LogP contribution in [0.2, 0.25) is 5.28 Å². The normalized spacial score (nSPS) is 10.2. The predicted octanol–water partition coefficient (Wildman–Crippen LogP) is 1.56. The summed E-state index contributed by atoms with van der Waals surface area (Å²) >= 11 is 5.72. The van der Waals surface area contributed by atoms with Crippen molar-refractivity contribution in [1.29, 1.82) is 0 Å². The molecule has 0 radical (unpaired) electrons. The molecule has 0 fully saturated rings. The van der Waals surface area contributed by atoms with Gasteiger partial charge in [-0.3, -0.25) is 0 Å². The third kappa shape index (κ3) is 1.83. The lowest BCUT2D eigenvalue weighted by Gasteiger charge is -1.99. The summed E-state index contributed by atoms with van der Waals surface area (Å²) in [5, 5.41) is 0.292. The SMILES string of the molecule is CCOC(=O)c1nc(Cl)n(C)c1C. The molecule has 0 spiro atoms. The summed E-state index contributed by atoms with van der Waals surface area (Å²) in [4.78, 5) is 15.2. The van der Waals surface area contributed by atoms with Crippen LogP contribution in [0.4, 0.5) is 0 Å². The van der Waals surface area contributed by atoms with E-state index in [9.17, 15) is 4.79 Å². The number of carbonyl (C=O) groups is 1. The molecule has 13 heavy (non-hydrogen) atoms. The Morgan fingerprint density at radius 3 is 2.69 bits per heavy atom. The van der Waals surface area contributed by atoms with Crippen LogP contribution >= 0.6 is 11.6 Å². The fourth-order valence-electron chi connectivity index (χ4n) is 0.938. The Bertz CT molecular complexity index is 333. The number of nitrogens with zero attached hydrogens (tertiary/aromatic N) is 2. The van der Waals surface area contributed by atoms with E-state index in [-0.39, 0.29) is 5.69 Å². The molecule has 0 atom stereocenters. The molecule has 0 aliphatic rings. The number of aromatic nitrogens is 2. The molecule has 4 nitrogen and oxygen atoms in total. The highest BCUT2D eigenvalue weighted by molar-refractivity contribution is 6.28. The van der Waals surface area contributed by atoms with Crippen molar-refractivity contribution >= 4 is 17.6 Å². The van der Waals surface area contributed by atoms with Crippen LogP contribution in [-0.4, -0.2) is 22.1 Å². The predicted molar refractivity (Wildman–Crippen MR) is 48.9 cm³/mol. The van der Waals surface area contributed by atoms with Gasteiger partial charge in [-0.05, 0) is 25.4 Å². The molecule has 5 heteroatoms. The topological polar surface area (TPSA) is 44.1 Å². The monoisotopic (exact) mass is 202 g/mol. The second kappa shape index (κ2) is 3.79. The van der Waals surface area contributed by atoms with Gasteiger partial charge in [0.2, 0.25) is 5.28 Å². The van der Waals surface area contributed by atoms with Gasteiger partial charge in [-0.15, -0.1) is 0 Å². The molecule has 1 aromatic heterocycles. The van der Waals surface area contributed by atoms with Crippen LogP contribution in [0, 0.1) is 6.92 Å². The quantitative estimate of drug-likeness (QED) is 0.684. The zero-order valence-corrected chi connectivity index (χ0v) is 8.55. The number of carbonyl (C=O) groups excluding carboxylic acids is 1. The van der Waals surface area contributed by atoms with Gasteiger partial charge >= 0.3 is 5.97 Å². The largest absolute Gasteiger partial charge is 0.461 e. The van der Waals surface area contributed by atoms with Crippen molar-refractivity contribution in [3.8, 4) is 0 Å². The maximum absolute atomic E-state index is 11.3. The van der Waals surface area contributed by atoms with Crippen LogP contribution in [0.1, 0.15) is 23.1 Å². The fourth-order valence-corrected chi connectivity index (χ4v) is 1.15. The third-order valence-corrected chi connectivity index (χ3v) is 2.13. The molecule has 0 aromatic carbocycles. The first-order chi connectivity index (χ1) is 6.07. The summed E-state index contributed by atoms with van der Waals surface area (Å²) in [6, 6.07) is 0. The average molecular weight is 203 g/mol. The maximum atomic E-state index is 11.3. The minimum atomic E-state index is -0.428. The van der Waals surface area contributed by atoms with Crippen molar-refractivity contribution in [3.05, 3.63) is 16.7 Å². The number of hydrogen-bond donors (Lipinski definition) is 0. The van der Waals surface area contributed by atoms with Crippen molar-refractivity contribution < 1.29 is 9.53 Å². The standard InChI is InChI=1S/C8H11ClN2O2/c1-4-13-7(12)6-5(2)11(3)8(9)10-6/h4H2,1-3H3. The van der Waals surface area contributed by atoms with Gasteiger partial charge in [0.1, 0.15) is 0 Å². The lowest BCUT2D eigenvalue weighted by atomic mass is 10.3. The molecule has 0 unspecified atom stereocenters. The van der Waals surface area contributed by atoms with Gasteiger partial charge in [-0.1, -0.05) is 0 Å². The lowest BCUT2D eigenvalue weighted by Crippen LogP contribution is -2.07. The highest BCUT2D eigenvalue weighted by atomic mass is 35.5. The number of rotatable bonds is 2. The van der Waals surface area contributed by atoms with Crippen LogP contribution in [0.25, 0.3) is 0 Å². The average Bonchev–Trinajstić information content (AvgIpc) is 2.33. The summed E-state index contributed by atoms with van der Waals surface area (Å²) in [7, 11) is 1.74. The zero-order chi connectivity index (χ0) is 10.0. The number of hydrogen-bond acceptors (Lipinski definition) is 3. The number of halogens is 1. The van der Waals surface area contributed by atoms with E-state index < -0.39 is 5.97 Å². The van der Waals surface area contributed by atoms with Gasteiger partial charge in [0.05, 0.1) is 12.3 Å². The number of esters is 1. The molecular weight excluding hydrogens is 192 g/mol. The Kier molecular flexibility index (Phi) is 2.93. The van der Waals surface area contributed by atoms with Crippen molar-refractivity contribution in [2.45, 2.75) is 13.8 Å². The molecule has 0 amide bonds. The van der Waals surface area contributed by atoms with Crippen molar-refractivity contribution in [1.82, 2.24) is 9.55 Å². The molecule has 1 rings (SSSR count). The van der Waals surface area contributed by atoms with Gasteiger partial charge in [0, 0.05) is 7.05 Å². The van der Waals surface area contributed by atoms with E-state index in [1.165, 1.54) is 0 Å². The van der Waals surface area contributed by atoms with Crippen LogP contribution in [0.3, 0.4) is 0 Å². The molecular formula is C8H11ClN2O2. The maximum Gasteiger partial charge on any atom is 0.358 e. The van der Waals surface area contributed by atoms with E-state index >= 15 is 0 Å². The van der Waals surface area contributed by atoms with E-state index in [0.29, 0.717) is 17.6 Å².